The van der Waals surface area contributed by atoms with Crippen molar-refractivity contribution in [3.05, 3.63) is 46.0 Å². The van der Waals surface area contributed by atoms with E-state index in [1.165, 1.54) is 4.57 Å². The SMILES string of the molecule is Cc1nccc2c1c(=O)n(C)c1cc(OC[C@@H](N)CC(C)C)c(C(N)=O)cc21. The highest BCUT2D eigenvalue weighted by atomic mass is 16.5. The number of hydrogen-bond acceptors (Lipinski definition) is 5. The zero-order valence-corrected chi connectivity index (χ0v) is 16.7. The molecule has 1 amide bonds. The van der Waals surface area contributed by atoms with Gasteiger partial charge in [0.1, 0.15) is 12.4 Å². The second-order valence-corrected chi connectivity index (χ2v) is 7.61. The summed E-state index contributed by atoms with van der Waals surface area (Å²) in [5.41, 5.74) is 13.1. The third-order valence-electron chi connectivity index (χ3n) is 4.90. The van der Waals surface area contributed by atoms with E-state index in [9.17, 15) is 9.59 Å². The quantitative estimate of drug-likeness (QED) is 0.635. The van der Waals surface area contributed by atoms with E-state index in [1.54, 1.807) is 38.4 Å². The molecule has 0 saturated heterocycles. The number of aromatic nitrogens is 2. The van der Waals surface area contributed by atoms with Crippen LogP contribution in [-0.2, 0) is 7.05 Å². The Bertz CT molecular complexity index is 1120. The monoisotopic (exact) mass is 382 g/mol. The first-order chi connectivity index (χ1) is 13.2. The summed E-state index contributed by atoms with van der Waals surface area (Å²) in [7, 11) is 1.69. The maximum atomic E-state index is 12.9. The van der Waals surface area contributed by atoms with Crippen molar-refractivity contribution >= 4 is 27.6 Å². The van der Waals surface area contributed by atoms with Crippen LogP contribution in [0.1, 0.15) is 36.3 Å². The number of fused-ring (bicyclic) bond motifs is 3. The van der Waals surface area contributed by atoms with E-state index in [4.69, 9.17) is 16.2 Å². The Morgan fingerprint density at radius 1 is 1.29 bits per heavy atom. The van der Waals surface area contributed by atoms with Gasteiger partial charge in [-0.15, -0.1) is 0 Å². The lowest BCUT2D eigenvalue weighted by atomic mass is 10.0. The van der Waals surface area contributed by atoms with Gasteiger partial charge < -0.3 is 20.8 Å². The highest BCUT2D eigenvalue weighted by molar-refractivity contribution is 6.10. The van der Waals surface area contributed by atoms with Gasteiger partial charge in [-0.25, -0.2) is 0 Å². The van der Waals surface area contributed by atoms with Crippen LogP contribution in [0.4, 0.5) is 0 Å². The van der Waals surface area contributed by atoms with Gasteiger partial charge in [0, 0.05) is 30.7 Å². The molecule has 0 unspecified atom stereocenters. The molecule has 4 N–H and O–H groups in total. The maximum absolute atomic E-state index is 12.9. The van der Waals surface area contributed by atoms with Gasteiger partial charge in [0.05, 0.1) is 22.2 Å². The number of nitrogens with zero attached hydrogens (tertiary/aromatic N) is 2. The van der Waals surface area contributed by atoms with Gasteiger partial charge in [-0.1, -0.05) is 13.8 Å². The fourth-order valence-electron chi connectivity index (χ4n) is 3.58. The number of ether oxygens (including phenoxy) is 1. The number of carbonyl (C=O) groups is 1. The number of benzene rings is 1. The predicted molar refractivity (Wildman–Crippen MR) is 111 cm³/mol. The highest BCUT2D eigenvalue weighted by Gasteiger charge is 2.18. The summed E-state index contributed by atoms with van der Waals surface area (Å²) in [5, 5.41) is 2.01. The zero-order valence-electron chi connectivity index (χ0n) is 16.7. The number of amides is 1. The third kappa shape index (κ3) is 3.57. The lowest BCUT2D eigenvalue weighted by molar-refractivity contribution is 0.0996. The molecule has 1 atom stereocenters. The summed E-state index contributed by atoms with van der Waals surface area (Å²) < 4.78 is 7.39. The van der Waals surface area contributed by atoms with E-state index in [0.29, 0.717) is 28.3 Å². The van der Waals surface area contributed by atoms with Crippen LogP contribution < -0.4 is 21.8 Å². The number of hydrogen-bond donors (Lipinski definition) is 2. The number of carbonyl (C=O) groups excluding carboxylic acids is 1. The molecule has 3 rings (SSSR count). The number of aryl methyl sites for hydroxylation is 2. The average molecular weight is 382 g/mol. The lowest BCUT2D eigenvalue weighted by Gasteiger charge is -2.18. The fourth-order valence-corrected chi connectivity index (χ4v) is 3.58. The van der Waals surface area contributed by atoms with Gasteiger partial charge in [0.25, 0.3) is 11.5 Å². The summed E-state index contributed by atoms with van der Waals surface area (Å²) in [5.74, 6) is 0.177. The molecule has 0 aliphatic heterocycles. The molecule has 0 saturated carbocycles. The molecule has 0 aliphatic rings. The van der Waals surface area contributed by atoms with E-state index >= 15 is 0 Å². The molecule has 0 fully saturated rings. The molecule has 1 aromatic carbocycles. The Balaban J connectivity index is 2.20. The molecule has 0 bridgehead atoms. The molecule has 148 valence electrons. The fraction of sp³-hybridized carbons (Fsp3) is 0.381. The first-order valence-electron chi connectivity index (χ1n) is 9.31. The van der Waals surface area contributed by atoms with Crippen molar-refractivity contribution in [1.82, 2.24) is 9.55 Å². The maximum Gasteiger partial charge on any atom is 0.260 e. The molecule has 2 aromatic heterocycles. The first kappa shape index (κ1) is 19.8. The minimum absolute atomic E-state index is 0.151. The molecule has 0 radical (unpaired) electrons. The van der Waals surface area contributed by atoms with E-state index in [-0.39, 0.29) is 23.8 Å². The summed E-state index contributed by atoms with van der Waals surface area (Å²) in [6.45, 7) is 6.22. The molecule has 0 spiro atoms. The Kier molecular flexibility index (Phi) is 5.38. The smallest absolute Gasteiger partial charge is 0.260 e. The zero-order chi connectivity index (χ0) is 20.6. The second kappa shape index (κ2) is 7.59. The molecule has 28 heavy (non-hydrogen) atoms. The number of nitrogens with two attached hydrogens (primary N) is 2. The molecule has 0 aliphatic carbocycles. The van der Waals surface area contributed by atoms with Crippen LogP contribution in [0, 0.1) is 12.8 Å². The second-order valence-electron chi connectivity index (χ2n) is 7.61. The van der Waals surface area contributed by atoms with Gasteiger partial charge >= 0.3 is 0 Å². The number of pyridine rings is 2. The van der Waals surface area contributed by atoms with E-state index < -0.39 is 5.91 Å². The minimum Gasteiger partial charge on any atom is -0.491 e. The van der Waals surface area contributed by atoms with Gasteiger partial charge in [-0.05, 0) is 36.8 Å². The van der Waals surface area contributed by atoms with Crippen molar-refractivity contribution in [3.63, 3.8) is 0 Å². The highest BCUT2D eigenvalue weighted by Crippen LogP contribution is 2.30. The summed E-state index contributed by atoms with van der Waals surface area (Å²) in [6.07, 6.45) is 2.45. The van der Waals surface area contributed by atoms with Crippen molar-refractivity contribution in [3.8, 4) is 5.75 Å². The van der Waals surface area contributed by atoms with Gasteiger partial charge in [-0.2, -0.15) is 0 Å². The van der Waals surface area contributed by atoms with Gasteiger partial charge in [-0.3, -0.25) is 14.6 Å². The van der Waals surface area contributed by atoms with Crippen molar-refractivity contribution < 1.29 is 9.53 Å². The molecule has 7 nitrogen and oxygen atoms in total. The predicted octanol–water partition coefficient (Wildman–Crippen LogP) is 2.25. The van der Waals surface area contributed by atoms with E-state index in [2.05, 4.69) is 18.8 Å². The summed E-state index contributed by atoms with van der Waals surface area (Å²) in [4.78, 5) is 29.1. The Morgan fingerprint density at radius 2 is 2.00 bits per heavy atom. The Morgan fingerprint density at radius 3 is 2.64 bits per heavy atom. The van der Waals surface area contributed by atoms with Crippen molar-refractivity contribution in [2.75, 3.05) is 6.61 Å². The van der Waals surface area contributed by atoms with Crippen molar-refractivity contribution in [1.29, 1.82) is 0 Å². The van der Waals surface area contributed by atoms with Crippen LogP contribution in [0.3, 0.4) is 0 Å². The van der Waals surface area contributed by atoms with E-state index in [1.807, 2.05) is 0 Å². The van der Waals surface area contributed by atoms with Crippen LogP contribution in [0.2, 0.25) is 0 Å². The van der Waals surface area contributed by atoms with Gasteiger partial charge in [0.2, 0.25) is 0 Å². The average Bonchev–Trinajstić information content (AvgIpc) is 2.63. The Hall–Kier alpha value is -2.93. The number of primary amides is 1. The van der Waals surface area contributed by atoms with Crippen LogP contribution in [0.15, 0.2) is 29.2 Å². The molecular weight excluding hydrogens is 356 g/mol. The van der Waals surface area contributed by atoms with E-state index in [0.717, 1.165) is 17.2 Å². The van der Waals surface area contributed by atoms with Crippen LogP contribution >= 0.6 is 0 Å². The lowest BCUT2D eigenvalue weighted by Crippen LogP contribution is -2.30. The van der Waals surface area contributed by atoms with Crippen molar-refractivity contribution in [2.24, 2.45) is 24.4 Å². The van der Waals surface area contributed by atoms with Crippen LogP contribution in [0.25, 0.3) is 21.7 Å². The van der Waals surface area contributed by atoms with Crippen LogP contribution in [0.5, 0.6) is 5.75 Å². The topological polar surface area (TPSA) is 113 Å². The van der Waals surface area contributed by atoms with Crippen LogP contribution in [-0.4, -0.2) is 28.1 Å². The summed E-state index contributed by atoms with van der Waals surface area (Å²) in [6, 6.07) is 4.98. The standard InChI is InChI=1S/C21H26N4O3/c1-11(2)7-13(22)10-28-18-9-17-15(8-16(18)20(23)26)14-5-6-24-12(3)19(14)21(27)25(17)4/h5-6,8-9,11,13H,7,10,22H2,1-4H3,(H2,23,26)/t13-/m0/s1. The minimum atomic E-state index is -0.595. The first-order valence-corrected chi connectivity index (χ1v) is 9.31. The molecule has 3 aromatic rings. The van der Waals surface area contributed by atoms with Gasteiger partial charge in [0.15, 0.2) is 0 Å². The normalized spacial score (nSPS) is 12.6. The summed E-state index contributed by atoms with van der Waals surface area (Å²) >= 11 is 0. The number of rotatable bonds is 6. The molecular formula is C21H26N4O3. The van der Waals surface area contributed by atoms with Crippen molar-refractivity contribution in [2.45, 2.75) is 33.2 Å². The third-order valence-corrected chi connectivity index (χ3v) is 4.90. The molecule has 7 heteroatoms. The largest absolute Gasteiger partial charge is 0.491 e. The molecule has 2 heterocycles. The Labute approximate surface area is 163 Å².